The number of nitrogens with zero attached hydrogens (tertiary/aromatic N) is 1. The molecule has 0 aromatic heterocycles. The predicted octanol–water partition coefficient (Wildman–Crippen LogP) is -1.33. The quantitative estimate of drug-likeness (QED) is 0.328. The van der Waals surface area contributed by atoms with Crippen LogP contribution in [0.15, 0.2) is 6.20 Å². The zero-order valence-electron chi connectivity index (χ0n) is 6.94. The van der Waals surface area contributed by atoms with Crippen LogP contribution in [0.5, 0.6) is 0 Å². The van der Waals surface area contributed by atoms with Crippen molar-refractivity contribution in [3.05, 3.63) is 12.3 Å². The van der Waals surface area contributed by atoms with Crippen molar-refractivity contribution in [3.63, 3.8) is 0 Å². The zero-order chi connectivity index (χ0) is 6.41. The maximum absolute atomic E-state index is 2.97. The molecule has 0 amide bonds. The van der Waals surface area contributed by atoms with E-state index in [1.54, 1.807) is 0 Å². The first-order valence-corrected chi connectivity index (χ1v) is 3.09. The number of allylic oxidation sites excluding steroid dienone is 1. The van der Waals surface area contributed by atoms with Gasteiger partial charge in [0.05, 0.1) is 0 Å². The second-order valence-corrected chi connectivity index (χ2v) is 1.64. The van der Waals surface area contributed by atoms with Crippen molar-refractivity contribution in [2.24, 2.45) is 0 Å². The van der Waals surface area contributed by atoms with Gasteiger partial charge in [0.15, 0.2) is 0 Å². The molecule has 0 fully saturated rings. The van der Waals surface area contributed by atoms with Crippen LogP contribution in [0.4, 0.5) is 0 Å². The minimum atomic E-state index is 0. The van der Waals surface area contributed by atoms with Gasteiger partial charge in [-0.25, -0.2) is 0 Å². The molecular weight excluding hydrogens is 105 g/mol. The maximum Gasteiger partial charge on any atom is 1.00 e. The monoisotopic (exact) mass is 119 g/mol. The Morgan fingerprint density at radius 2 is 1.78 bits per heavy atom. The minimum Gasteiger partial charge on any atom is -0.483 e. The molecule has 0 aromatic rings. The van der Waals surface area contributed by atoms with Crippen LogP contribution in [0, 0.1) is 6.08 Å². The molecule has 0 spiro atoms. The van der Waals surface area contributed by atoms with Crippen LogP contribution in [0.3, 0.4) is 0 Å². The molecule has 0 radical (unpaired) electrons. The summed E-state index contributed by atoms with van der Waals surface area (Å²) in [5, 5.41) is 0. The minimum absolute atomic E-state index is 0. The van der Waals surface area contributed by atoms with Crippen LogP contribution in [0.25, 0.3) is 0 Å². The molecule has 0 aliphatic rings. The van der Waals surface area contributed by atoms with E-state index < -0.39 is 0 Å². The van der Waals surface area contributed by atoms with Gasteiger partial charge in [-0.1, -0.05) is 0 Å². The summed E-state index contributed by atoms with van der Waals surface area (Å²) in [6.45, 7) is 8.35. The third kappa shape index (κ3) is 6.02. The van der Waals surface area contributed by atoms with Crippen LogP contribution in [0.2, 0.25) is 0 Å². The number of rotatable bonds is 3. The summed E-state index contributed by atoms with van der Waals surface area (Å²) >= 11 is 0. The molecule has 0 aromatic carbocycles. The van der Waals surface area contributed by atoms with E-state index in [0.717, 1.165) is 13.1 Å². The number of hydrogen-bond donors (Lipinski definition) is 0. The van der Waals surface area contributed by atoms with Crippen LogP contribution in [-0.4, -0.2) is 18.0 Å². The molecule has 1 nitrogen and oxygen atoms in total. The van der Waals surface area contributed by atoms with E-state index in [1.165, 1.54) is 0 Å². The summed E-state index contributed by atoms with van der Waals surface area (Å²) in [5.74, 6) is 0. The van der Waals surface area contributed by atoms with Gasteiger partial charge in [0.25, 0.3) is 0 Å². The van der Waals surface area contributed by atoms with Crippen LogP contribution in [0.1, 0.15) is 20.8 Å². The van der Waals surface area contributed by atoms with Gasteiger partial charge in [0.2, 0.25) is 0 Å². The SMILES string of the molecule is C[C-]=CN(CC)CC.[Li+]. The summed E-state index contributed by atoms with van der Waals surface area (Å²) in [4.78, 5) is 2.19. The van der Waals surface area contributed by atoms with E-state index in [4.69, 9.17) is 0 Å². The molecule has 0 N–H and O–H groups in total. The summed E-state index contributed by atoms with van der Waals surface area (Å²) in [5.41, 5.74) is 0. The van der Waals surface area contributed by atoms with Gasteiger partial charge >= 0.3 is 18.9 Å². The fourth-order valence-corrected chi connectivity index (χ4v) is 0.589. The third-order valence-corrected chi connectivity index (χ3v) is 1.12. The molecule has 0 rings (SSSR count). The first-order chi connectivity index (χ1) is 3.85. The van der Waals surface area contributed by atoms with Crippen molar-refractivity contribution in [1.29, 1.82) is 0 Å². The zero-order valence-corrected chi connectivity index (χ0v) is 6.94. The Bertz CT molecular complexity index is 67.3. The predicted molar refractivity (Wildman–Crippen MR) is 36.4 cm³/mol. The van der Waals surface area contributed by atoms with Gasteiger partial charge in [-0.2, -0.15) is 13.1 Å². The molecule has 0 bridgehead atoms. The van der Waals surface area contributed by atoms with Crippen molar-refractivity contribution >= 4 is 0 Å². The second kappa shape index (κ2) is 8.14. The van der Waals surface area contributed by atoms with E-state index in [-0.39, 0.29) is 18.9 Å². The van der Waals surface area contributed by atoms with Gasteiger partial charge in [0, 0.05) is 13.1 Å². The normalized spacial score (nSPS) is 9.22. The molecule has 0 saturated heterocycles. The molecule has 0 atom stereocenters. The molecule has 0 aliphatic carbocycles. The Labute approximate surface area is 70.3 Å². The molecule has 2 heteroatoms. The standard InChI is InChI=1S/C7H14N.Li/c1-4-7-8(5-2)6-3;/h7H,5-6H2,1-3H3;/q-1;+1. The van der Waals surface area contributed by atoms with Crippen LogP contribution in [-0.2, 0) is 0 Å². The van der Waals surface area contributed by atoms with E-state index in [0.29, 0.717) is 0 Å². The molecule has 0 heterocycles. The van der Waals surface area contributed by atoms with Crippen molar-refractivity contribution < 1.29 is 18.9 Å². The van der Waals surface area contributed by atoms with Crippen molar-refractivity contribution in [2.75, 3.05) is 13.1 Å². The Kier molecular flexibility index (Phi) is 10.7. The Morgan fingerprint density at radius 3 is 1.89 bits per heavy atom. The average molecular weight is 119 g/mol. The van der Waals surface area contributed by atoms with Crippen molar-refractivity contribution in [2.45, 2.75) is 20.8 Å². The fourth-order valence-electron chi connectivity index (χ4n) is 0.589. The molecular formula is C7H14LiN. The van der Waals surface area contributed by atoms with E-state index in [1.807, 2.05) is 13.1 Å². The van der Waals surface area contributed by atoms with Gasteiger partial charge in [-0.15, -0.1) is 0 Å². The maximum atomic E-state index is 2.97. The summed E-state index contributed by atoms with van der Waals surface area (Å²) in [6.07, 6.45) is 4.96. The summed E-state index contributed by atoms with van der Waals surface area (Å²) in [6, 6.07) is 0. The van der Waals surface area contributed by atoms with Gasteiger partial charge in [-0.05, 0) is 13.8 Å². The first-order valence-electron chi connectivity index (χ1n) is 3.09. The Hall–Kier alpha value is 0.137. The Balaban J connectivity index is 0. The van der Waals surface area contributed by atoms with Crippen molar-refractivity contribution in [1.82, 2.24) is 4.90 Å². The van der Waals surface area contributed by atoms with E-state index in [9.17, 15) is 0 Å². The van der Waals surface area contributed by atoms with Crippen LogP contribution >= 0.6 is 0 Å². The largest absolute Gasteiger partial charge is 1.00 e. The Morgan fingerprint density at radius 1 is 1.33 bits per heavy atom. The average Bonchev–Trinajstić information content (AvgIpc) is 1.83. The smallest absolute Gasteiger partial charge is 0.483 e. The summed E-state index contributed by atoms with van der Waals surface area (Å²) in [7, 11) is 0. The molecule has 9 heavy (non-hydrogen) atoms. The van der Waals surface area contributed by atoms with Gasteiger partial charge in [-0.3, -0.25) is 0 Å². The van der Waals surface area contributed by atoms with E-state index in [2.05, 4.69) is 24.8 Å². The third-order valence-electron chi connectivity index (χ3n) is 1.12. The van der Waals surface area contributed by atoms with E-state index >= 15 is 0 Å². The molecule has 48 valence electrons. The molecule has 0 unspecified atom stereocenters. The second-order valence-electron chi connectivity index (χ2n) is 1.64. The van der Waals surface area contributed by atoms with Gasteiger partial charge in [0.1, 0.15) is 0 Å². The molecule has 0 saturated carbocycles. The van der Waals surface area contributed by atoms with Crippen molar-refractivity contribution in [3.8, 4) is 0 Å². The topological polar surface area (TPSA) is 3.24 Å². The van der Waals surface area contributed by atoms with Crippen LogP contribution < -0.4 is 18.9 Å². The molecule has 0 aliphatic heterocycles. The van der Waals surface area contributed by atoms with Gasteiger partial charge < -0.3 is 11.0 Å². The number of hydrogen-bond acceptors (Lipinski definition) is 1. The first kappa shape index (κ1) is 11.9. The fraction of sp³-hybridized carbons (Fsp3) is 0.714. The summed E-state index contributed by atoms with van der Waals surface area (Å²) < 4.78 is 0.